The van der Waals surface area contributed by atoms with Crippen LogP contribution in [0.1, 0.15) is 90.8 Å². The highest BCUT2D eigenvalue weighted by Crippen LogP contribution is 2.46. The number of fused-ring (bicyclic) bond motifs is 1. The predicted octanol–water partition coefficient (Wildman–Crippen LogP) is 6.48. The second-order valence-corrected chi connectivity index (χ2v) is 11.1. The molecule has 0 saturated heterocycles. The molecule has 0 spiro atoms. The van der Waals surface area contributed by atoms with Gasteiger partial charge in [0.1, 0.15) is 0 Å². The second kappa shape index (κ2) is 11.6. The number of unbranched alkanes of at least 4 members (excludes halogenated alkanes) is 1. The van der Waals surface area contributed by atoms with Crippen molar-refractivity contribution in [2.45, 2.75) is 91.5 Å². The van der Waals surface area contributed by atoms with Crippen LogP contribution in [-0.4, -0.2) is 42.0 Å². The summed E-state index contributed by atoms with van der Waals surface area (Å²) in [6.45, 7) is 19.0. The van der Waals surface area contributed by atoms with E-state index in [2.05, 4.69) is 76.5 Å². The van der Waals surface area contributed by atoms with Crippen LogP contribution in [0.15, 0.2) is 36.5 Å². The van der Waals surface area contributed by atoms with Gasteiger partial charge in [0.15, 0.2) is 0 Å². The summed E-state index contributed by atoms with van der Waals surface area (Å²) in [5.41, 5.74) is 5.14. The number of carbonyl (C=O) groups excluding carboxylic acids is 1. The van der Waals surface area contributed by atoms with E-state index >= 15 is 0 Å². The Labute approximate surface area is 212 Å². The van der Waals surface area contributed by atoms with Crippen LogP contribution in [0.2, 0.25) is 0 Å². The number of pyridine rings is 1. The second-order valence-electron chi connectivity index (χ2n) is 11.1. The molecule has 0 unspecified atom stereocenters. The molecule has 5 heteroatoms. The molecule has 3 rings (SSSR count). The van der Waals surface area contributed by atoms with Crippen molar-refractivity contribution in [3.8, 4) is 5.88 Å². The minimum absolute atomic E-state index is 0.0902. The number of nitrogens with zero attached hydrogens (tertiary/aromatic N) is 3. The van der Waals surface area contributed by atoms with Crippen molar-refractivity contribution in [1.29, 1.82) is 0 Å². The topological polar surface area (TPSA) is 45.7 Å². The van der Waals surface area contributed by atoms with E-state index in [0.29, 0.717) is 25.6 Å². The molecule has 35 heavy (non-hydrogen) atoms. The monoisotopic (exact) mass is 479 g/mol. The Morgan fingerprint density at radius 1 is 0.971 bits per heavy atom. The summed E-state index contributed by atoms with van der Waals surface area (Å²) < 4.78 is 5.74. The van der Waals surface area contributed by atoms with Crippen LogP contribution in [0, 0.1) is 0 Å². The lowest BCUT2D eigenvalue weighted by Crippen LogP contribution is -2.40. The van der Waals surface area contributed by atoms with Crippen molar-refractivity contribution < 1.29 is 9.53 Å². The van der Waals surface area contributed by atoms with Gasteiger partial charge >= 0.3 is 0 Å². The Balaban J connectivity index is 1.91. The summed E-state index contributed by atoms with van der Waals surface area (Å²) >= 11 is 0. The van der Waals surface area contributed by atoms with Crippen molar-refractivity contribution in [3.63, 3.8) is 0 Å². The third-order valence-corrected chi connectivity index (χ3v) is 7.59. The predicted molar refractivity (Wildman–Crippen MR) is 145 cm³/mol. The molecule has 192 valence electrons. The number of anilines is 1. The molecule has 1 aliphatic carbocycles. The number of amides is 1. The average molecular weight is 480 g/mol. The molecule has 1 aromatic carbocycles. The number of likely N-dealkylation sites (N-methyl/N-ethyl adjacent to an activating group) is 1. The standard InChI is InChI=1S/C30H45N3O2/c1-8-11-18-35-27-15-13-24(20-31-27)33(28(34)22-32(9-2)10-3)21-23-12-14-25-26(19-23)30(6,7)17-16-29(25,4)5/h12-15,19-20H,8-11,16-18,21-22H2,1-7H3. The SMILES string of the molecule is CCCCOc1ccc(N(Cc2ccc3c(c2)C(C)(C)CCC3(C)C)C(=O)CN(CC)CC)cn1. The molecule has 1 aliphatic rings. The fourth-order valence-corrected chi connectivity index (χ4v) is 4.90. The number of carbonyl (C=O) groups is 1. The molecule has 0 bridgehead atoms. The highest BCUT2D eigenvalue weighted by molar-refractivity contribution is 5.94. The Hall–Kier alpha value is -2.40. The van der Waals surface area contributed by atoms with Crippen molar-refractivity contribution >= 4 is 11.6 Å². The highest BCUT2D eigenvalue weighted by Gasteiger charge is 2.37. The average Bonchev–Trinajstić information content (AvgIpc) is 2.84. The van der Waals surface area contributed by atoms with Crippen molar-refractivity contribution in [2.75, 3.05) is 31.1 Å². The van der Waals surface area contributed by atoms with E-state index in [1.165, 1.54) is 24.0 Å². The van der Waals surface area contributed by atoms with E-state index in [4.69, 9.17) is 4.74 Å². The number of hydrogen-bond donors (Lipinski definition) is 0. The van der Waals surface area contributed by atoms with Crippen LogP contribution >= 0.6 is 0 Å². The summed E-state index contributed by atoms with van der Waals surface area (Å²) in [7, 11) is 0. The number of hydrogen-bond acceptors (Lipinski definition) is 4. The van der Waals surface area contributed by atoms with Gasteiger partial charge in [0.05, 0.1) is 31.6 Å². The van der Waals surface area contributed by atoms with E-state index in [1.54, 1.807) is 6.20 Å². The van der Waals surface area contributed by atoms with E-state index in [-0.39, 0.29) is 16.7 Å². The van der Waals surface area contributed by atoms with Gasteiger partial charge in [-0.05, 0) is 65.9 Å². The molecule has 1 aromatic heterocycles. The van der Waals surface area contributed by atoms with Crippen LogP contribution in [0.5, 0.6) is 5.88 Å². The zero-order valence-electron chi connectivity index (χ0n) is 23.0. The van der Waals surface area contributed by atoms with E-state index in [0.717, 1.165) is 37.2 Å². The van der Waals surface area contributed by atoms with Crippen LogP contribution in [0.3, 0.4) is 0 Å². The molecule has 0 radical (unpaired) electrons. The third-order valence-electron chi connectivity index (χ3n) is 7.59. The molecule has 5 nitrogen and oxygen atoms in total. The minimum atomic E-state index is 0.0902. The molecule has 0 atom stereocenters. The minimum Gasteiger partial charge on any atom is -0.478 e. The molecule has 0 aliphatic heterocycles. The number of rotatable bonds is 11. The van der Waals surface area contributed by atoms with E-state index in [9.17, 15) is 4.79 Å². The molecule has 1 amide bonds. The molecule has 1 heterocycles. The van der Waals surface area contributed by atoms with Gasteiger partial charge in [0, 0.05) is 6.07 Å². The molecular weight excluding hydrogens is 434 g/mol. The molecule has 0 fully saturated rings. The van der Waals surface area contributed by atoms with Gasteiger partial charge in [-0.2, -0.15) is 0 Å². The lowest BCUT2D eigenvalue weighted by Gasteiger charge is -2.42. The maximum atomic E-state index is 13.5. The number of aromatic nitrogens is 1. The summed E-state index contributed by atoms with van der Waals surface area (Å²) in [6, 6.07) is 10.7. The van der Waals surface area contributed by atoms with Gasteiger partial charge in [0.25, 0.3) is 0 Å². The smallest absolute Gasteiger partial charge is 0.241 e. The summed E-state index contributed by atoms with van der Waals surface area (Å²) in [4.78, 5) is 22.0. The van der Waals surface area contributed by atoms with Gasteiger partial charge in [0.2, 0.25) is 11.8 Å². The first kappa shape index (κ1) is 27.2. The largest absolute Gasteiger partial charge is 0.478 e. The van der Waals surface area contributed by atoms with Crippen molar-refractivity contribution in [1.82, 2.24) is 9.88 Å². The van der Waals surface area contributed by atoms with E-state index in [1.807, 2.05) is 17.0 Å². The fourth-order valence-electron chi connectivity index (χ4n) is 4.90. The molecule has 0 saturated carbocycles. The van der Waals surface area contributed by atoms with Gasteiger partial charge in [-0.15, -0.1) is 0 Å². The Kier molecular flexibility index (Phi) is 8.98. The first-order valence-corrected chi connectivity index (χ1v) is 13.4. The van der Waals surface area contributed by atoms with Gasteiger partial charge in [-0.3, -0.25) is 9.69 Å². The quantitative estimate of drug-likeness (QED) is 0.346. The Morgan fingerprint density at radius 2 is 1.66 bits per heavy atom. The fraction of sp³-hybridized carbons (Fsp3) is 0.600. The highest BCUT2D eigenvalue weighted by atomic mass is 16.5. The Bertz CT molecular complexity index is 978. The van der Waals surface area contributed by atoms with Crippen molar-refractivity contribution in [2.24, 2.45) is 0 Å². The first-order valence-electron chi connectivity index (χ1n) is 13.4. The Morgan fingerprint density at radius 3 is 2.26 bits per heavy atom. The number of benzene rings is 1. The molecule has 0 N–H and O–H groups in total. The lowest BCUT2D eigenvalue weighted by atomic mass is 9.63. The summed E-state index contributed by atoms with van der Waals surface area (Å²) in [6.07, 6.45) is 6.22. The zero-order valence-corrected chi connectivity index (χ0v) is 23.0. The van der Waals surface area contributed by atoms with Crippen LogP contribution in [0.25, 0.3) is 0 Å². The van der Waals surface area contributed by atoms with Crippen LogP contribution in [-0.2, 0) is 22.2 Å². The van der Waals surface area contributed by atoms with E-state index < -0.39 is 0 Å². The molecule has 2 aromatic rings. The van der Waals surface area contributed by atoms with Gasteiger partial charge < -0.3 is 9.64 Å². The number of ether oxygens (including phenoxy) is 1. The van der Waals surface area contributed by atoms with Gasteiger partial charge in [-0.25, -0.2) is 4.98 Å². The van der Waals surface area contributed by atoms with Gasteiger partial charge in [-0.1, -0.05) is 73.1 Å². The maximum absolute atomic E-state index is 13.5. The zero-order chi connectivity index (χ0) is 25.6. The van der Waals surface area contributed by atoms with Crippen LogP contribution in [0.4, 0.5) is 5.69 Å². The summed E-state index contributed by atoms with van der Waals surface area (Å²) in [5, 5.41) is 0. The normalized spacial score (nSPS) is 16.1. The van der Waals surface area contributed by atoms with Crippen molar-refractivity contribution in [3.05, 3.63) is 53.2 Å². The third kappa shape index (κ3) is 6.63. The maximum Gasteiger partial charge on any atom is 0.241 e. The molecular formula is C30H45N3O2. The summed E-state index contributed by atoms with van der Waals surface area (Å²) in [5.74, 6) is 0.698. The van der Waals surface area contributed by atoms with Crippen LogP contribution < -0.4 is 9.64 Å². The first-order chi connectivity index (χ1) is 16.6. The lowest BCUT2D eigenvalue weighted by molar-refractivity contribution is -0.119.